The van der Waals surface area contributed by atoms with E-state index in [1.807, 2.05) is 0 Å². The van der Waals surface area contributed by atoms with Crippen molar-refractivity contribution in [1.29, 1.82) is 0 Å². The van der Waals surface area contributed by atoms with E-state index in [1.54, 1.807) is 13.8 Å². The molecule has 1 aromatic rings. The molecule has 0 radical (unpaired) electrons. The maximum absolute atomic E-state index is 13.5. The van der Waals surface area contributed by atoms with Crippen LogP contribution in [0.1, 0.15) is 25.3 Å². The van der Waals surface area contributed by atoms with Crippen molar-refractivity contribution in [1.82, 2.24) is 9.62 Å². The average Bonchev–Trinajstić information content (AvgIpc) is 2.59. The zero-order chi connectivity index (χ0) is 15.6. The first-order chi connectivity index (χ1) is 9.86. The molecule has 1 amide bonds. The Morgan fingerprint density at radius 3 is 2.71 bits per heavy atom. The summed E-state index contributed by atoms with van der Waals surface area (Å²) < 4.78 is 40.2. The van der Waals surface area contributed by atoms with Gasteiger partial charge in [0.15, 0.2) is 0 Å². The molecule has 1 heterocycles. The number of nitrogens with one attached hydrogen (secondary N) is 1. The molecule has 0 spiro atoms. The summed E-state index contributed by atoms with van der Waals surface area (Å²) in [6.45, 7) is 4.09. The van der Waals surface area contributed by atoms with E-state index in [4.69, 9.17) is 0 Å². The Balaban J connectivity index is 2.47. The van der Waals surface area contributed by atoms with E-state index in [0.29, 0.717) is 24.9 Å². The monoisotopic (exact) mass is 314 g/mol. The molecule has 1 aliphatic heterocycles. The Labute approximate surface area is 124 Å². The maximum atomic E-state index is 13.5. The number of carbonyl (C=O) groups excluding carboxylic acids is 1. The number of nitrogens with zero attached hydrogens (tertiary/aromatic N) is 1. The number of rotatable bonds is 3. The Morgan fingerprint density at radius 1 is 1.38 bits per heavy atom. The molecule has 1 aromatic carbocycles. The van der Waals surface area contributed by atoms with Gasteiger partial charge in [0.05, 0.1) is 4.90 Å². The van der Waals surface area contributed by atoms with Crippen LogP contribution in [-0.2, 0) is 14.8 Å². The zero-order valence-corrected chi connectivity index (χ0v) is 12.9. The summed E-state index contributed by atoms with van der Waals surface area (Å²) in [7, 11) is -3.89. The summed E-state index contributed by atoms with van der Waals surface area (Å²) in [5.41, 5.74) is 0.529. The minimum atomic E-state index is -3.89. The fraction of sp³-hybridized carbons (Fsp3) is 0.500. The molecule has 1 aliphatic rings. The first-order valence-electron chi connectivity index (χ1n) is 6.93. The van der Waals surface area contributed by atoms with Crippen LogP contribution in [0.4, 0.5) is 4.39 Å². The molecule has 7 heteroatoms. The van der Waals surface area contributed by atoms with Crippen molar-refractivity contribution in [2.75, 3.05) is 13.1 Å². The summed E-state index contributed by atoms with van der Waals surface area (Å²) in [4.78, 5) is 11.9. The highest BCUT2D eigenvalue weighted by Crippen LogP contribution is 2.23. The quantitative estimate of drug-likeness (QED) is 0.917. The lowest BCUT2D eigenvalue weighted by atomic mass is 10.2. The molecule has 0 bridgehead atoms. The number of carbonyl (C=O) groups is 1. The lowest BCUT2D eigenvalue weighted by Gasteiger charge is -2.26. The van der Waals surface area contributed by atoms with Crippen LogP contribution in [-0.4, -0.2) is 37.8 Å². The van der Waals surface area contributed by atoms with Crippen molar-refractivity contribution in [2.24, 2.45) is 0 Å². The summed E-state index contributed by atoms with van der Waals surface area (Å²) in [5.74, 6) is -0.896. The molecule has 2 rings (SSSR count). The summed E-state index contributed by atoms with van der Waals surface area (Å²) in [6, 6.07) is 2.94. The molecule has 0 aliphatic carbocycles. The third-order valence-electron chi connectivity index (χ3n) is 3.51. The Kier molecular flexibility index (Phi) is 4.63. The topological polar surface area (TPSA) is 66.5 Å². The van der Waals surface area contributed by atoms with Crippen LogP contribution in [0, 0.1) is 12.7 Å². The van der Waals surface area contributed by atoms with E-state index in [0.717, 1.165) is 6.07 Å². The lowest BCUT2D eigenvalue weighted by molar-refractivity contribution is -0.124. The van der Waals surface area contributed by atoms with Gasteiger partial charge in [-0.3, -0.25) is 4.79 Å². The van der Waals surface area contributed by atoms with Crippen molar-refractivity contribution in [3.8, 4) is 0 Å². The van der Waals surface area contributed by atoms with Crippen LogP contribution in [0.3, 0.4) is 0 Å². The number of sulfonamides is 1. The molecule has 0 aromatic heterocycles. The number of aryl methyl sites for hydroxylation is 1. The van der Waals surface area contributed by atoms with Gasteiger partial charge in [-0.2, -0.15) is 4.31 Å². The van der Waals surface area contributed by atoms with E-state index >= 15 is 0 Å². The molecule has 21 heavy (non-hydrogen) atoms. The molecule has 5 nitrogen and oxygen atoms in total. The number of halogens is 1. The van der Waals surface area contributed by atoms with E-state index in [1.165, 1.54) is 16.4 Å². The molecule has 0 saturated carbocycles. The van der Waals surface area contributed by atoms with Crippen LogP contribution in [0.2, 0.25) is 0 Å². The van der Waals surface area contributed by atoms with Crippen LogP contribution < -0.4 is 5.32 Å². The van der Waals surface area contributed by atoms with Gasteiger partial charge in [0.1, 0.15) is 11.9 Å². The largest absolute Gasteiger partial charge is 0.355 e. The van der Waals surface area contributed by atoms with Gasteiger partial charge < -0.3 is 5.32 Å². The first kappa shape index (κ1) is 15.9. The van der Waals surface area contributed by atoms with E-state index < -0.39 is 21.9 Å². The normalized spacial score (nSPS) is 20.9. The Morgan fingerprint density at radius 2 is 2.10 bits per heavy atom. The first-order valence-corrected chi connectivity index (χ1v) is 8.37. The highest BCUT2D eigenvalue weighted by Gasteiger charge is 2.36. The van der Waals surface area contributed by atoms with Crippen LogP contribution in [0.25, 0.3) is 0 Å². The van der Waals surface area contributed by atoms with Gasteiger partial charge in [-0.15, -0.1) is 0 Å². The van der Waals surface area contributed by atoms with Gasteiger partial charge in [-0.25, -0.2) is 12.8 Å². The van der Waals surface area contributed by atoms with E-state index in [2.05, 4.69) is 5.32 Å². The van der Waals surface area contributed by atoms with E-state index in [-0.39, 0.29) is 17.3 Å². The molecular weight excluding hydrogens is 295 g/mol. The van der Waals surface area contributed by atoms with Gasteiger partial charge in [-0.1, -0.05) is 6.92 Å². The van der Waals surface area contributed by atoms with Crippen molar-refractivity contribution in [2.45, 2.75) is 37.6 Å². The van der Waals surface area contributed by atoms with Crippen LogP contribution in [0.5, 0.6) is 0 Å². The van der Waals surface area contributed by atoms with Crippen molar-refractivity contribution in [3.05, 3.63) is 29.6 Å². The number of hydrogen-bond acceptors (Lipinski definition) is 3. The average molecular weight is 314 g/mol. The van der Waals surface area contributed by atoms with Gasteiger partial charge in [0.2, 0.25) is 15.9 Å². The third kappa shape index (κ3) is 3.24. The second-order valence-electron chi connectivity index (χ2n) is 5.15. The molecule has 1 fully saturated rings. The van der Waals surface area contributed by atoms with Crippen LogP contribution in [0.15, 0.2) is 23.1 Å². The van der Waals surface area contributed by atoms with Crippen LogP contribution >= 0.6 is 0 Å². The minimum absolute atomic E-state index is 0.104. The van der Waals surface area contributed by atoms with E-state index in [9.17, 15) is 17.6 Å². The Hall–Kier alpha value is -1.47. The number of hydrogen-bond donors (Lipinski definition) is 1. The lowest BCUT2D eigenvalue weighted by Crippen LogP contribution is -2.46. The number of benzene rings is 1. The van der Waals surface area contributed by atoms with Gasteiger partial charge >= 0.3 is 0 Å². The van der Waals surface area contributed by atoms with Crippen molar-refractivity contribution >= 4 is 15.9 Å². The number of amides is 1. The van der Waals surface area contributed by atoms with Crippen molar-refractivity contribution in [3.63, 3.8) is 0 Å². The highest BCUT2D eigenvalue weighted by molar-refractivity contribution is 7.89. The smallest absolute Gasteiger partial charge is 0.243 e. The molecule has 116 valence electrons. The summed E-state index contributed by atoms with van der Waals surface area (Å²) in [5, 5.41) is 2.70. The van der Waals surface area contributed by atoms with Crippen molar-refractivity contribution < 1.29 is 17.6 Å². The molecule has 1 atom stereocenters. The maximum Gasteiger partial charge on any atom is 0.243 e. The fourth-order valence-electron chi connectivity index (χ4n) is 2.51. The molecule has 1 saturated heterocycles. The SMILES string of the molecule is CC[C@H]1C(=O)NCCCN1S(=O)(=O)c1cc(C)cc(F)c1. The second kappa shape index (κ2) is 6.11. The molecular formula is C14H19FN2O3S. The molecule has 0 unspecified atom stereocenters. The fourth-order valence-corrected chi connectivity index (χ4v) is 4.33. The van der Waals surface area contributed by atoms with Gasteiger partial charge in [0.25, 0.3) is 0 Å². The predicted molar refractivity (Wildman–Crippen MR) is 76.7 cm³/mol. The van der Waals surface area contributed by atoms with Gasteiger partial charge in [-0.05, 0) is 43.5 Å². The standard InChI is InChI=1S/C14H19FN2O3S/c1-3-13-14(18)16-5-4-6-17(13)21(19,20)12-8-10(2)7-11(15)9-12/h7-9,13H,3-6H2,1-2H3,(H,16,18)/t13-/m0/s1. The zero-order valence-electron chi connectivity index (χ0n) is 12.1. The molecule has 1 N–H and O–H groups in total. The van der Waals surface area contributed by atoms with Gasteiger partial charge in [0, 0.05) is 13.1 Å². The highest BCUT2D eigenvalue weighted by atomic mass is 32.2. The summed E-state index contributed by atoms with van der Waals surface area (Å²) >= 11 is 0. The third-order valence-corrected chi connectivity index (χ3v) is 5.40. The second-order valence-corrected chi connectivity index (χ2v) is 7.04. The predicted octanol–water partition coefficient (Wildman–Crippen LogP) is 1.42. The Bertz CT molecular complexity index is 625. The minimum Gasteiger partial charge on any atom is -0.355 e. The summed E-state index contributed by atoms with van der Waals surface area (Å²) in [6.07, 6.45) is 0.912.